The lowest BCUT2D eigenvalue weighted by Gasteiger charge is -2.37. The maximum absolute atomic E-state index is 12.8. The first-order chi connectivity index (χ1) is 9.70. The Balaban J connectivity index is 0.00000161. The summed E-state index contributed by atoms with van der Waals surface area (Å²) in [6.45, 7) is 3.53. The molecule has 0 saturated carbocycles. The van der Waals surface area contributed by atoms with E-state index in [0.717, 1.165) is 24.9 Å². The number of halogens is 1. The van der Waals surface area contributed by atoms with Crippen molar-refractivity contribution in [2.75, 3.05) is 13.1 Å². The third-order valence-corrected chi connectivity index (χ3v) is 4.17. The number of hydrogen-bond donors (Lipinski definition) is 1. The van der Waals surface area contributed by atoms with E-state index in [1.807, 2.05) is 29.3 Å². The molecule has 0 spiro atoms. The summed E-state index contributed by atoms with van der Waals surface area (Å²) >= 11 is 0. The van der Waals surface area contributed by atoms with Crippen LogP contribution in [0, 0.1) is 5.92 Å². The van der Waals surface area contributed by atoms with Crippen molar-refractivity contribution >= 4 is 23.8 Å². The summed E-state index contributed by atoms with van der Waals surface area (Å²) in [4.78, 5) is 14.7. The fraction of sp³-hybridized carbons (Fsp3) is 0.467. The Morgan fingerprint density at radius 1 is 1.48 bits per heavy atom. The van der Waals surface area contributed by atoms with E-state index in [2.05, 4.69) is 12.0 Å². The Hall–Kier alpha value is -1.59. The Kier molecular flexibility index (Phi) is 4.85. The van der Waals surface area contributed by atoms with Gasteiger partial charge in [-0.3, -0.25) is 4.79 Å². The number of nitrogens with two attached hydrogens (primary N) is 1. The molecular weight excluding hydrogens is 288 g/mol. The fourth-order valence-corrected chi connectivity index (χ4v) is 3.00. The van der Waals surface area contributed by atoms with Crippen molar-refractivity contribution in [1.82, 2.24) is 14.5 Å². The topological polar surface area (TPSA) is 63.6 Å². The van der Waals surface area contributed by atoms with Gasteiger partial charge in [-0.15, -0.1) is 12.4 Å². The van der Waals surface area contributed by atoms with Crippen molar-refractivity contribution < 1.29 is 4.79 Å². The number of fused-ring (bicyclic) bond motifs is 1. The highest BCUT2D eigenvalue weighted by Gasteiger charge is 2.30. The largest absolute Gasteiger partial charge is 0.334 e. The van der Waals surface area contributed by atoms with Crippen LogP contribution in [0.5, 0.6) is 0 Å². The predicted octanol–water partition coefficient (Wildman–Crippen LogP) is 1.96. The number of hydrogen-bond acceptors (Lipinski definition) is 3. The van der Waals surface area contributed by atoms with Gasteiger partial charge in [-0.2, -0.15) is 5.10 Å². The molecule has 6 heteroatoms. The Bertz CT molecular complexity index is 627. The highest BCUT2D eigenvalue weighted by atomic mass is 35.5. The van der Waals surface area contributed by atoms with E-state index in [-0.39, 0.29) is 24.4 Å². The Labute approximate surface area is 130 Å². The van der Waals surface area contributed by atoms with Gasteiger partial charge in [-0.05, 0) is 30.9 Å². The van der Waals surface area contributed by atoms with E-state index >= 15 is 0 Å². The van der Waals surface area contributed by atoms with Crippen LogP contribution in [0.4, 0.5) is 0 Å². The summed E-state index contributed by atoms with van der Waals surface area (Å²) in [6, 6.07) is 5.89. The maximum atomic E-state index is 12.8. The molecule has 5 nitrogen and oxygen atoms in total. The molecule has 1 aliphatic heterocycles. The summed E-state index contributed by atoms with van der Waals surface area (Å²) in [7, 11) is 0. The second-order valence-corrected chi connectivity index (χ2v) is 5.61. The van der Waals surface area contributed by atoms with E-state index < -0.39 is 0 Å². The molecule has 2 N–H and O–H groups in total. The average Bonchev–Trinajstić information content (AvgIpc) is 2.90. The maximum Gasteiger partial charge on any atom is 0.257 e. The van der Waals surface area contributed by atoms with Crippen molar-refractivity contribution in [1.29, 1.82) is 0 Å². The fourth-order valence-electron chi connectivity index (χ4n) is 3.00. The molecule has 3 rings (SSSR count). The van der Waals surface area contributed by atoms with Crippen LogP contribution in [0.15, 0.2) is 30.6 Å². The second kappa shape index (κ2) is 6.45. The lowest BCUT2D eigenvalue weighted by molar-refractivity contribution is 0.0575. The van der Waals surface area contributed by atoms with Gasteiger partial charge in [0.1, 0.15) is 0 Å². The molecule has 114 valence electrons. The molecule has 3 heterocycles. The number of piperidine rings is 1. The lowest BCUT2D eigenvalue weighted by Crippen LogP contribution is -2.49. The van der Waals surface area contributed by atoms with Crippen molar-refractivity contribution in [2.45, 2.75) is 25.8 Å². The molecule has 1 aliphatic rings. The zero-order valence-electron chi connectivity index (χ0n) is 12.1. The normalized spacial score (nSPS) is 22.1. The number of aromatic nitrogens is 2. The van der Waals surface area contributed by atoms with Gasteiger partial charge in [0, 0.05) is 25.3 Å². The van der Waals surface area contributed by atoms with Crippen molar-refractivity contribution in [3.63, 3.8) is 0 Å². The van der Waals surface area contributed by atoms with Gasteiger partial charge < -0.3 is 10.6 Å². The minimum absolute atomic E-state index is 0. The third kappa shape index (κ3) is 2.89. The summed E-state index contributed by atoms with van der Waals surface area (Å²) < 4.78 is 1.73. The van der Waals surface area contributed by atoms with Crippen molar-refractivity contribution in [2.24, 2.45) is 11.7 Å². The zero-order chi connectivity index (χ0) is 14.1. The third-order valence-electron chi connectivity index (χ3n) is 4.17. The highest BCUT2D eigenvalue weighted by Crippen LogP contribution is 2.24. The van der Waals surface area contributed by atoms with Crippen LogP contribution < -0.4 is 5.73 Å². The summed E-state index contributed by atoms with van der Waals surface area (Å²) in [5.41, 5.74) is 7.36. The van der Waals surface area contributed by atoms with Crippen LogP contribution in [0.1, 0.15) is 30.1 Å². The first-order valence-electron chi connectivity index (χ1n) is 7.14. The first kappa shape index (κ1) is 15.8. The monoisotopic (exact) mass is 308 g/mol. The first-order valence-corrected chi connectivity index (χ1v) is 7.14. The predicted molar refractivity (Wildman–Crippen MR) is 84.7 cm³/mol. The van der Waals surface area contributed by atoms with E-state index in [0.29, 0.717) is 18.0 Å². The summed E-state index contributed by atoms with van der Waals surface area (Å²) in [5, 5.41) is 4.24. The SMILES string of the molecule is CC1CCN(C(=O)c2cnn3ccccc23)C(CN)C1.Cl. The van der Waals surface area contributed by atoms with Crippen LogP contribution in [-0.2, 0) is 0 Å². The smallest absolute Gasteiger partial charge is 0.257 e. The molecule has 21 heavy (non-hydrogen) atoms. The molecule has 2 unspecified atom stereocenters. The van der Waals surface area contributed by atoms with E-state index in [1.54, 1.807) is 10.7 Å². The van der Waals surface area contributed by atoms with E-state index in [4.69, 9.17) is 5.73 Å². The molecule has 2 aromatic rings. The van der Waals surface area contributed by atoms with Crippen LogP contribution in [-0.4, -0.2) is 39.6 Å². The molecule has 2 aromatic heterocycles. The number of carbonyl (C=O) groups excluding carboxylic acids is 1. The van der Waals surface area contributed by atoms with Crippen LogP contribution in [0.2, 0.25) is 0 Å². The van der Waals surface area contributed by atoms with E-state index in [1.165, 1.54) is 0 Å². The minimum Gasteiger partial charge on any atom is -0.334 e. The van der Waals surface area contributed by atoms with Crippen LogP contribution >= 0.6 is 12.4 Å². The summed E-state index contributed by atoms with van der Waals surface area (Å²) in [5.74, 6) is 0.685. The number of pyridine rings is 1. The number of rotatable bonds is 2. The standard InChI is InChI=1S/C15H20N4O.ClH/c1-11-5-7-18(12(8-11)9-16)15(20)13-10-17-19-6-3-2-4-14(13)19;/h2-4,6,10-12H,5,7-9,16H2,1H3;1H. The molecule has 0 bridgehead atoms. The minimum atomic E-state index is 0. The average molecular weight is 309 g/mol. The van der Waals surface area contributed by atoms with Gasteiger partial charge in [0.15, 0.2) is 0 Å². The van der Waals surface area contributed by atoms with Crippen LogP contribution in [0.25, 0.3) is 5.52 Å². The molecule has 0 radical (unpaired) electrons. The molecule has 1 fully saturated rings. The molecule has 2 atom stereocenters. The second-order valence-electron chi connectivity index (χ2n) is 5.61. The molecule has 1 saturated heterocycles. The van der Waals surface area contributed by atoms with Gasteiger partial charge in [0.05, 0.1) is 17.3 Å². The van der Waals surface area contributed by atoms with Gasteiger partial charge >= 0.3 is 0 Å². The molecular formula is C15H21ClN4O. The number of carbonyl (C=O) groups is 1. The molecule has 0 aromatic carbocycles. The number of nitrogens with zero attached hydrogens (tertiary/aromatic N) is 3. The quantitative estimate of drug-likeness (QED) is 0.922. The molecule has 1 amide bonds. The van der Waals surface area contributed by atoms with Gasteiger partial charge in [0.2, 0.25) is 0 Å². The van der Waals surface area contributed by atoms with E-state index in [9.17, 15) is 4.79 Å². The van der Waals surface area contributed by atoms with Gasteiger partial charge in [0.25, 0.3) is 5.91 Å². The van der Waals surface area contributed by atoms with Crippen molar-refractivity contribution in [3.05, 3.63) is 36.2 Å². The molecule has 0 aliphatic carbocycles. The van der Waals surface area contributed by atoms with Crippen molar-refractivity contribution in [3.8, 4) is 0 Å². The number of amides is 1. The zero-order valence-corrected chi connectivity index (χ0v) is 12.9. The lowest BCUT2D eigenvalue weighted by atomic mass is 9.92. The summed E-state index contributed by atoms with van der Waals surface area (Å²) in [6.07, 6.45) is 5.54. The Morgan fingerprint density at radius 2 is 2.29 bits per heavy atom. The highest BCUT2D eigenvalue weighted by molar-refractivity contribution is 6.00. The Morgan fingerprint density at radius 3 is 3.05 bits per heavy atom. The van der Waals surface area contributed by atoms with Crippen LogP contribution in [0.3, 0.4) is 0 Å². The number of likely N-dealkylation sites (tertiary alicyclic amines) is 1. The van der Waals surface area contributed by atoms with Gasteiger partial charge in [-0.25, -0.2) is 4.52 Å². The van der Waals surface area contributed by atoms with Gasteiger partial charge in [-0.1, -0.05) is 13.0 Å².